The van der Waals surface area contributed by atoms with Crippen LogP contribution in [0.5, 0.6) is 5.75 Å². The Labute approximate surface area is 143 Å². The molecule has 2 aromatic rings. The number of hydrazine groups is 1. The molecule has 1 fully saturated rings. The molecule has 2 aromatic carbocycles. The van der Waals surface area contributed by atoms with Crippen molar-refractivity contribution >= 4 is 29.5 Å². The summed E-state index contributed by atoms with van der Waals surface area (Å²) in [5.41, 5.74) is 3.69. The van der Waals surface area contributed by atoms with Crippen LogP contribution in [-0.4, -0.2) is 24.4 Å². The van der Waals surface area contributed by atoms with E-state index in [2.05, 4.69) is 5.43 Å². The number of rotatable bonds is 5. The Morgan fingerprint density at radius 1 is 1.08 bits per heavy atom. The zero-order valence-corrected chi connectivity index (χ0v) is 13.0. The third-order valence-electron chi connectivity index (χ3n) is 3.45. The molecule has 1 saturated heterocycles. The first-order valence-corrected chi connectivity index (χ1v) is 7.39. The number of benzene rings is 2. The highest BCUT2D eigenvalue weighted by Gasteiger charge is 2.34. The van der Waals surface area contributed by atoms with Gasteiger partial charge in [-0.3, -0.25) is 15.0 Å². The molecule has 1 N–H and O–H groups in total. The summed E-state index contributed by atoms with van der Waals surface area (Å²) in [6.07, 6.45) is 1.46. The highest BCUT2D eigenvalue weighted by atomic mass is 16.5. The standard InChI is InChI=1S/C18H14N2O5/c21-16(22)11-25-14-8-6-12(7-9-14)10-15-17(23)19-20(18(15)24)13-4-2-1-3-5-13/h1-10H,11H2,(H,19,23)(H,21,22)/p-1/b15-10+. The summed E-state index contributed by atoms with van der Waals surface area (Å²) >= 11 is 0. The van der Waals surface area contributed by atoms with Crippen molar-refractivity contribution in [2.24, 2.45) is 0 Å². The monoisotopic (exact) mass is 337 g/mol. The number of amides is 2. The maximum atomic E-state index is 12.4. The third kappa shape index (κ3) is 3.66. The maximum absolute atomic E-state index is 12.4. The van der Waals surface area contributed by atoms with Crippen molar-refractivity contribution in [3.8, 4) is 5.75 Å². The smallest absolute Gasteiger partial charge is 0.282 e. The summed E-state index contributed by atoms with van der Waals surface area (Å²) in [6.45, 7) is -0.548. The van der Waals surface area contributed by atoms with Crippen LogP contribution in [0.4, 0.5) is 5.69 Å². The molecule has 1 heterocycles. The Morgan fingerprint density at radius 2 is 1.76 bits per heavy atom. The van der Waals surface area contributed by atoms with Gasteiger partial charge in [-0.25, -0.2) is 5.01 Å². The van der Waals surface area contributed by atoms with Gasteiger partial charge in [0, 0.05) is 0 Å². The molecule has 3 rings (SSSR count). The van der Waals surface area contributed by atoms with E-state index >= 15 is 0 Å². The highest BCUT2D eigenvalue weighted by molar-refractivity contribution is 6.31. The Morgan fingerprint density at radius 3 is 2.40 bits per heavy atom. The molecule has 2 amide bonds. The number of para-hydroxylation sites is 1. The normalized spacial score (nSPS) is 15.4. The van der Waals surface area contributed by atoms with Crippen molar-refractivity contribution in [1.82, 2.24) is 5.43 Å². The Hall–Kier alpha value is -3.61. The first-order chi connectivity index (χ1) is 12.0. The second-order valence-electron chi connectivity index (χ2n) is 5.20. The molecule has 0 spiro atoms. The summed E-state index contributed by atoms with van der Waals surface area (Å²) in [6, 6.07) is 15.1. The number of ether oxygens (including phenoxy) is 1. The van der Waals surface area contributed by atoms with E-state index in [0.29, 0.717) is 17.0 Å². The lowest BCUT2D eigenvalue weighted by Crippen LogP contribution is -2.35. The maximum Gasteiger partial charge on any atom is 0.282 e. The Kier molecular flexibility index (Phi) is 4.47. The molecule has 0 aromatic heterocycles. The van der Waals surface area contributed by atoms with Crippen molar-refractivity contribution in [2.45, 2.75) is 0 Å². The molecule has 0 saturated carbocycles. The average Bonchev–Trinajstić information content (AvgIpc) is 2.90. The van der Waals surface area contributed by atoms with Gasteiger partial charge in [0.25, 0.3) is 11.8 Å². The van der Waals surface area contributed by atoms with E-state index in [1.165, 1.54) is 11.1 Å². The van der Waals surface area contributed by atoms with Crippen LogP contribution in [-0.2, 0) is 14.4 Å². The molecule has 25 heavy (non-hydrogen) atoms. The van der Waals surface area contributed by atoms with Crippen LogP contribution in [0.25, 0.3) is 6.08 Å². The highest BCUT2D eigenvalue weighted by Crippen LogP contribution is 2.22. The van der Waals surface area contributed by atoms with Crippen molar-refractivity contribution in [3.63, 3.8) is 0 Å². The number of nitrogens with one attached hydrogen (secondary N) is 1. The van der Waals surface area contributed by atoms with Gasteiger partial charge in [-0.15, -0.1) is 0 Å². The van der Waals surface area contributed by atoms with Gasteiger partial charge in [-0.1, -0.05) is 30.3 Å². The minimum Gasteiger partial charge on any atom is -0.546 e. The van der Waals surface area contributed by atoms with Gasteiger partial charge < -0.3 is 14.6 Å². The van der Waals surface area contributed by atoms with Gasteiger partial charge in [0.1, 0.15) is 17.9 Å². The van der Waals surface area contributed by atoms with Crippen LogP contribution in [0.2, 0.25) is 0 Å². The van der Waals surface area contributed by atoms with Crippen LogP contribution in [0, 0.1) is 0 Å². The zero-order valence-electron chi connectivity index (χ0n) is 13.0. The molecular weight excluding hydrogens is 324 g/mol. The number of carbonyl (C=O) groups is 3. The van der Waals surface area contributed by atoms with Gasteiger partial charge >= 0.3 is 0 Å². The molecule has 1 aliphatic rings. The number of hydrogen-bond acceptors (Lipinski definition) is 5. The summed E-state index contributed by atoms with van der Waals surface area (Å²) in [5, 5.41) is 11.5. The van der Waals surface area contributed by atoms with Crippen molar-refractivity contribution < 1.29 is 24.2 Å². The van der Waals surface area contributed by atoms with Gasteiger partial charge in [-0.05, 0) is 35.9 Å². The molecule has 1 aliphatic heterocycles. The fraction of sp³-hybridized carbons (Fsp3) is 0.0556. The molecule has 7 nitrogen and oxygen atoms in total. The largest absolute Gasteiger partial charge is 0.546 e. The minimum absolute atomic E-state index is 0.00672. The van der Waals surface area contributed by atoms with Crippen molar-refractivity contribution in [2.75, 3.05) is 11.6 Å². The van der Waals surface area contributed by atoms with Crippen molar-refractivity contribution in [3.05, 3.63) is 65.7 Å². The number of carboxylic acid groups (broad SMARTS) is 1. The van der Waals surface area contributed by atoms with E-state index in [0.717, 1.165) is 0 Å². The topological polar surface area (TPSA) is 98.8 Å². The fourth-order valence-corrected chi connectivity index (χ4v) is 2.29. The summed E-state index contributed by atoms with van der Waals surface area (Å²) < 4.78 is 4.97. The molecule has 0 unspecified atom stereocenters. The SMILES string of the molecule is O=C([O-])COc1ccc(/C=C2\C(=O)NN(c3ccccc3)C2=O)cc1. The summed E-state index contributed by atoms with van der Waals surface area (Å²) in [4.78, 5) is 34.9. The van der Waals surface area contributed by atoms with Crippen LogP contribution in [0.3, 0.4) is 0 Å². The molecule has 0 aliphatic carbocycles. The Balaban J connectivity index is 1.78. The van der Waals surface area contributed by atoms with Gasteiger partial charge in [-0.2, -0.15) is 0 Å². The van der Waals surface area contributed by atoms with E-state index in [9.17, 15) is 19.5 Å². The van der Waals surface area contributed by atoms with E-state index in [1.807, 2.05) is 6.07 Å². The molecule has 0 radical (unpaired) electrons. The Bertz CT molecular complexity index is 844. The lowest BCUT2D eigenvalue weighted by Gasteiger charge is -2.13. The average molecular weight is 337 g/mol. The molecule has 0 bridgehead atoms. The molecular formula is C18H13N2O5-. The lowest BCUT2D eigenvalue weighted by atomic mass is 10.1. The first-order valence-electron chi connectivity index (χ1n) is 7.39. The predicted octanol–water partition coefficient (Wildman–Crippen LogP) is 0.277. The molecule has 7 heteroatoms. The quantitative estimate of drug-likeness (QED) is 0.624. The lowest BCUT2D eigenvalue weighted by molar-refractivity contribution is -0.307. The second-order valence-corrected chi connectivity index (χ2v) is 5.20. The first kappa shape index (κ1) is 16.3. The molecule has 0 atom stereocenters. The third-order valence-corrected chi connectivity index (χ3v) is 3.45. The van der Waals surface area contributed by atoms with Crippen LogP contribution in [0.15, 0.2) is 60.2 Å². The fourth-order valence-electron chi connectivity index (χ4n) is 2.29. The number of nitrogens with zero attached hydrogens (tertiary/aromatic N) is 1. The van der Waals surface area contributed by atoms with Crippen LogP contribution in [0.1, 0.15) is 5.56 Å². The van der Waals surface area contributed by atoms with Gasteiger partial charge in [0.15, 0.2) is 0 Å². The summed E-state index contributed by atoms with van der Waals surface area (Å²) in [7, 11) is 0. The number of carbonyl (C=O) groups excluding carboxylic acids is 3. The summed E-state index contributed by atoms with van der Waals surface area (Å²) in [5.74, 6) is -1.92. The van der Waals surface area contributed by atoms with Crippen molar-refractivity contribution in [1.29, 1.82) is 0 Å². The van der Waals surface area contributed by atoms with E-state index in [4.69, 9.17) is 4.74 Å². The second kappa shape index (κ2) is 6.88. The van der Waals surface area contributed by atoms with E-state index < -0.39 is 24.4 Å². The van der Waals surface area contributed by atoms with Gasteiger partial charge in [0.05, 0.1) is 11.7 Å². The number of hydrogen-bond donors (Lipinski definition) is 1. The number of carboxylic acids is 1. The van der Waals surface area contributed by atoms with E-state index in [1.54, 1.807) is 48.5 Å². The van der Waals surface area contributed by atoms with Gasteiger partial charge in [0.2, 0.25) is 0 Å². The molecule has 126 valence electrons. The van der Waals surface area contributed by atoms with E-state index in [-0.39, 0.29) is 5.57 Å². The zero-order chi connectivity index (χ0) is 17.8. The van der Waals surface area contributed by atoms with Crippen LogP contribution < -0.4 is 20.3 Å². The number of aliphatic carboxylic acids is 1. The van der Waals surface area contributed by atoms with Crippen LogP contribution >= 0.6 is 0 Å². The predicted molar refractivity (Wildman–Crippen MR) is 87.0 cm³/mol. The minimum atomic E-state index is -1.32. The number of anilines is 1.